The third-order valence-electron chi connectivity index (χ3n) is 5.72. The number of hydrogen-bond donors (Lipinski definition) is 8. The van der Waals surface area contributed by atoms with Gasteiger partial charge in [0.1, 0.15) is 23.9 Å². The second kappa shape index (κ2) is 13.8. The number of amides is 5. The lowest BCUT2D eigenvalue weighted by molar-refractivity contribution is -0.144. The van der Waals surface area contributed by atoms with Crippen LogP contribution in [0.15, 0.2) is 24.3 Å². The Hall–Kier alpha value is -4.20. The average molecular weight is 521 g/mol. The van der Waals surface area contributed by atoms with Gasteiger partial charge in [-0.3, -0.25) is 24.0 Å². The van der Waals surface area contributed by atoms with E-state index < -0.39 is 66.1 Å². The molecule has 4 unspecified atom stereocenters. The lowest BCUT2D eigenvalue weighted by atomic mass is 10.0. The van der Waals surface area contributed by atoms with Gasteiger partial charge in [-0.25, -0.2) is 4.79 Å². The minimum absolute atomic E-state index is 0.00809. The van der Waals surface area contributed by atoms with Gasteiger partial charge in [0.2, 0.25) is 29.5 Å². The van der Waals surface area contributed by atoms with Crippen molar-refractivity contribution in [3.8, 4) is 5.75 Å². The third kappa shape index (κ3) is 9.76. The van der Waals surface area contributed by atoms with Gasteiger partial charge in [0, 0.05) is 12.8 Å². The first kappa shape index (κ1) is 29.0. The van der Waals surface area contributed by atoms with Crippen molar-refractivity contribution in [1.82, 2.24) is 21.3 Å². The third-order valence-corrected chi connectivity index (χ3v) is 5.72. The van der Waals surface area contributed by atoms with Gasteiger partial charge in [-0.15, -0.1) is 0 Å². The van der Waals surface area contributed by atoms with E-state index in [9.17, 15) is 39.0 Å². The van der Waals surface area contributed by atoms with E-state index in [1.165, 1.54) is 12.1 Å². The number of benzene rings is 1. The zero-order valence-electron chi connectivity index (χ0n) is 20.1. The molecule has 2 rings (SSSR count). The highest BCUT2D eigenvalue weighted by molar-refractivity contribution is 5.95. The van der Waals surface area contributed by atoms with Gasteiger partial charge < -0.3 is 42.9 Å². The molecule has 0 aliphatic carbocycles. The van der Waals surface area contributed by atoms with E-state index in [2.05, 4.69) is 21.3 Å². The van der Waals surface area contributed by atoms with Gasteiger partial charge in [0.25, 0.3) is 0 Å². The van der Waals surface area contributed by atoms with Crippen LogP contribution in [0.25, 0.3) is 0 Å². The molecule has 0 aromatic heterocycles. The highest BCUT2D eigenvalue weighted by atomic mass is 16.4. The maximum atomic E-state index is 13.2. The Morgan fingerprint density at radius 1 is 0.919 bits per heavy atom. The number of hydrogen-bond acceptors (Lipinski definition) is 8. The number of phenols is 1. The number of rotatable bonds is 14. The Bertz CT molecular complexity index is 1010. The second-order valence-electron chi connectivity index (χ2n) is 8.72. The summed E-state index contributed by atoms with van der Waals surface area (Å²) >= 11 is 0. The van der Waals surface area contributed by atoms with E-state index in [0.29, 0.717) is 18.5 Å². The summed E-state index contributed by atoms with van der Waals surface area (Å²) in [5.41, 5.74) is 10.8. The number of nitrogens with one attached hydrogen (secondary N) is 4. The molecule has 14 nitrogen and oxygen atoms in total. The van der Waals surface area contributed by atoms with Gasteiger partial charge in [-0.05, 0) is 43.5 Å². The molecule has 1 aromatic carbocycles. The molecule has 10 N–H and O–H groups in total. The van der Waals surface area contributed by atoms with Crippen LogP contribution in [0.5, 0.6) is 5.75 Å². The molecular weight excluding hydrogens is 488 g/mol. The van der Waals surface area contributed by atoms with Crippen molar-refractivity contribution in [2.24, 2.45) is 11.5 Å². The number of carboxylic acid groups (broad SMARTS) is 1. The number of aromatic hydroxyl groups is 1. The average Bonchev–Trinajstić information content (AvgIpc) is 3.36. The maximum Gasteiger partial charge on any atom is 0.326 e. The van der Waals surface area contributed by atoms with Gasteiger partial charge in [-0.1, -0.05) is 12.1 Å². The fourth-order valence-corrected chi connectivity index (χ4v) is 3.76. The van der Waals surface area contributed by atoms with Crippen LogP contribution in [-0.4, -0.2) is 76.4 Å². The van der Waals surface area contributed by atoms with Crippen LogP contribution < -0.4 is 32.7 Å². The van der Waals surface area contributed by atoms with E-state index in [-0.39, 0.29) is 25.0 Å². The lowest BCUT2D eigenvalue weighted by Crippen LogP contribution is -2.57. The molecule has 202 valence electrons. The summed E-state index contributed by atoms with van der Waals surface area (Å²) in [6.07, 6.45) is 0.115. The molecule has 1 aliphatic rings. The molecule has 1 heterocycles. The zero-order chi connectivity index (χ0) is 27.5. The lowest BCUT2D eigenvalue weighted by Gasteiger charge is -2.25. The molecular formula is C23H32N6O8. The highest BCUT2D eigenvalue weighted by Crippen LogP contribution is 2.13. The fourth-order valence-electron chi connectivity index (χ4n) is 3.76. The topological polar surface area (TPSA) is 243 Å². The number of carboxylic acids is 1. The number of nitrogens with two attached hydrogens (primary N) is 2. The molecule has 0 saturated carbocycles. The van der Waals surface area contributed by atoms with E-state index in [1.807, 2.05) is 0 Å². The molecule has 0 bridgehead atoms. The van der Waals surface area contributed by atoms with Crippen molar-refractivity contribution in [3.05, 3.63) is 29.8 Å². The van der Waals surface area contributed by atoms with Crippen molar-refractivity contribution in [3.63, 3.8) is 0 Å². The van der Waals surface area contributed by atoms with E-state index in [0.717, 1.165) is 6.42 Å². The Morgan fingerprint density at radius 2 is 1.54 bits per heavy atom. The number of carbonyl (C=O) groups is 6. The van der Waals surface area contributed by atoms with Crippen LogP contribution in [0.1, 0.15) is 37.7 Å². The number of primary amides is 2. The van der Waals surface area contributed by atoms with Crippen molar-refractivity contribution in [2.45, 2.75) is 62.7 Å². The Labute approximate surface area is 212 Å². The van der Waals surface area contributed by atoms with Crippen LogP contribution >= 0.6 is 0 Å². The van der Waals surface area contributed by atoms with Crippen molar-refractivity contribution in [2.75, 3.05) is 6.54 Å². The molecule has 14 heteroatoms. The van der Waals surface area contributed by atoms with Gasteiger partial charge in [0.05, 0.1) is 12.5 Å². The smallest absolute Gasteiger partial charge is 0.326 e. The van der Waals surface area contributed by atoms with Crippen LogP contribution in [0.3, 0.4) is 0 Å². The predicted molar refractivity (Wildman–Crippen MR) is 129 cm³/mol. The van der Waals surface area contributed by atoms with Crippen molar-refractivity contribution < 1.29 is 39.0 Å². The summed E-state index contributed by atoms with van der Waals surface area (Å²) in [5, 5.41) is 29.1. The highest BCUT2D eigenvalue weighted by Gasteiger charge is 2.32. The standard InChI is InChI=1S/C23H32N6O8/c24-18(31)8-7-15(21(34)29-17(23(36)37)11-19(25)32)27-22(35)16(10-12-3-5-13(30)6-4-12)28-20(33)14-2-1-9-26-14/h3-6,14-17,26,30H,1-2,7-11H2,(H2,24,31)(H2,25,32)(H,27,35)(H,28,33)(H,29,34)(H,36,37). The largest absolute Gasteiger partial charge is 0.508 e. The van der Waals surface area contributed by atoms with E-state index in [1.54, 1.807) is 12.1 Å². The first-order valence-corrected chi connectivity index (χ1v) is 11.7. The van der Waals surface area contributed by atoms with E-state index in [4.69, 9.17) is 11.5 Å². The summed E-state index contributed by atoms with van der Waals surface area (Å²) < 4.78 is 0. The normalized spacial score (nSPS) is 17.1. The van der Waals surface area contributed by atoms with Crippen LogP contribution in [0.2, 0.25) is 0 Å². The van der Waals surface area contributed by atoms with Gasteiger partial charge >= 0.3 is 5.97 Å². The minimum Gasteiger partial charge on any atom is -0.508 e. The monoisotopic (exact) mass is 520 g/mol. The summed E-state index contributed by atoms with van der Waals surface area (Å²) in [6.45, 7) is 0.651. The number of aliphatic carboxylic acids is 1. The molecule has 1 aliphatic heterocycles. The predicted octanol–water partition coefficient (Wildman–Crippen LogP) is -2.63. The molecule has 4 atom stereocenters. The molecule has 5 amide bonds. The van der Waals surface area contributed by atoms with Gasteiger partial charge in [-0.2, -0.15) is 0 Å². The molecule has 0 spiro atoms. The molecule has 1 fully saturated rings. The molecule has 1 aromatic rings. The number of carbonyl (C=O) groups excluding carboxylic acids is 5. The maximum absolute atomic E-state index is 13.2. The van der Waals surface area contributed by atoms with Crippen LogP contribution in [-0.2, 0) is 35.2 Å². The van der Waals surface area contributed by atoms with Gasteiger partial charge in [0.15, 0.2) is 0 Å². The Balaban J connectivity index is 2.22. The fraction of sp³-hybridized carbons (Fsp3) is 0.478. The first-order chi connectivity index (χ1) is 17.5. The SMILES string of the molecule is NC(=O)CCC(NC(=O)C(Cc1ccc(O)cc1)NC(=O)C1CCCN1)C(=O)NC(CC(N)=O)C(=O)O. The Kier molecular flexibility index (Phi) is 10.8. The summed E-state index contributed by atoms with van der Waals surface area (Å²) in [4.78, 5) is 72.7. The molecule has 1 saturated heterocycles. The Morgan fingerprint density at radius 3 is 2.08 bits per heavy atom. The minimum atomic E-state index is -1.65. The number of phenolic OH excluding ortho intramolecular Hbond substituents is 1. The van der Waals surface area contributed by atoms with Crippen LogP contribution in [0, 0.1) is 0 Å². The molecule has 37 heavy (non-hydrogen) atoms. The van der Waals surface area contributed by atoms with Crippen LogP contribution in [0.4, 0.5) is 0 Å². The summed E-state index contributed by atoms with van der Waals surface area (Å²) in [5.74, 6) is -5.41. The van der Waals surface area contributed by atoms with Crippen molar-refractivity contribution in [1.29, 1.82) is 0 Å². The van der Waals surface area contributed by atoms with Crippen molar-refractivity contribution >= 4 is 35.5 Å². The quantitative estimate of drug-likeness (QED) is 0.128. The zero-order valence-corrected chi connectivity index (χ0v) is 20.1. The van der Waals surface area contributed by atoms with E-state index >= 15 is 0 Å². The first-order valence-electron chi connectivity index (χ1n) is 11.7. The second-order valence-corrected chi connectivity index (χ2v) is 8.72. The molecule has 0 radical (unpaired) electrons. The summed E-state index contributed by atoms with van der Waals surface area (Å²) in [6, 6.07) is 1.26. The summed E-state index contributed by atoms with van der Waals surface area (Å²) in [7, 11) is 0.